The van der Waals surface area contributed by atoms with Gasteiger partial charge < -0.3 is 0 Å². The molecular weight excluding hydrogens is 160 g/mol. The van der Waals surface area contributed by atoms with Crippen LogP contribution < -0.4 is 0 Å². The van der Waals surface area contributed by atoms with Crippen LogP contribution in [0.4, 0.5) is 0 Å². The molecule has 1 aromatic carbocycles. The van der Waals surface area contributed by atoms with E-state index < -0.39 is 0 Å². The van der Waals surface area contributed by atoms with Crippen molar-refractivity contribution in [2.75, 3.05) is 0 Å². The Morgan fingerprint density at radius 3 is 2.15 bits per heavy atom. The molecular formula is C11H12N2. The first-order valence-corrected chi connectivity index (χ1v) is 4.37. The van der Waals surface area contributed by atoms with Gasteiger partial charge in [0.1, 0.15) is 0 Å². The lowest BCUT2D eigenvalue weighted by atomic mass is 10.0. The van der Waals surface area contributed by atoms with E-state index in [1.54, 1.807) is 12.4 Å². The van der Waals surface area contributed by atoms with Gasteiger partial charge in [0.15, 0.2) is 0 Å². The number of benzene rings is 1. The van der Waals surface area contributed by atoms with Crippen LogP contribution in [0.5, 0.6) is 0 Å². The fourth-order valence-corrected chi connectivity index (χ4v) is 1.59. The number of aryl methyl sites for hydroxylation is 3. The van der Waals surface area contributed by atoms with E-state index in [1.807, 2.05) is 0 Å². The molecule has 0 spiro atoms. The standard InChI is InChI=1S/C11H12N2/c1-7-6-8(2)10-11(9(7)3)13-5-4-12-10/h4-6H,1-3H3. The molecule has 0 N–H and O–H groups in total. The molecule has 2 aromatic rings. The third kappa shape index (κ3) is 1.18. The molecule has 2 rings (SSSR count). The van der Waals surface area contributed by atoms with Crippen LogP contribution >= 0.6 is 0 Å². The zero-order valence-electron chi connectivity index (χ0n) is 8.13. The molecule has 66 valence electrons. The van der Waals surface area contributed by atoms with Gasteiger partial charge in [-0.05, 0) is 37.5 Å². The van der Waals surface area contributed by atoms with Gasteiger partial charge in [-0.1, -0.05) is 6.07 Å². The van der Waals surface area contributed by atoms with Crippen LogP contribution in [0, 0.1) is 20.8 Å². The Morgan fingerprint density at radius 2 is 1.46 bits per heavy atom. The minimum Gasteiger partial charge on any atom is -0.253 e. The summed E-state index contributed by atoms with van der Waals surface area (Å²) in [5, 5.41) is 0. The second-order valence-electron chi connectivity index (χ2n) is 3.39. The molecule has 0 aliphatic rings. The number of fused-ring (bicyclic) bond motifs is 1. The maximum atomic E-state index is 4.34. The predicted octanol–water partition coefficient (Wildman–Crippen LogP) is 2.56. The second kappa shape index (κ2) is 2.80. The van der Waals surface area contributed by atoms with E-state index in [1.165, 1.54) is 16.7 Å². The topological polar surface area (TPSA) is 25.8 Å². The van der Waals surface area contributed by atoms with Crippen molar-refractivity contribution in [3.8, 4) is 0 Å². The lowest BCUT2D eigenvalue weighted by Crippen LogP contribution is -1.92. The Hall–Kier alpha value is -1.44. The number of aromatic nitrogens is 2. The summed E-state index contributed by atoms with van der Waals surface area (Å²) < 4.78 is 0. The molecule has 0 radical (unpaired) electrons. The summed E-state index contributed by atoms with van der Waals surface area (Å²) in [4.78, 5) is 8.66. The first kappa shape index (κ1) is 8.17. The van der Waals surface area contributed by atoms with Crippen LogP contribution in [0.25, 0.3) is 11.0 Å². The summed E-state index contributed by atoms with van der Waals surface area (Å²) in [7, 11) is 0. The van der Waals surface area contributed by atoms with Gasteiger partial charge in [-0.2, -0.15) is 0 Å². The van der Waals surface area contributed by atoms with E-state index in [-0.39, 0.29) is 0 Å². The van der Waals surface area contributed by atoms with E-state index in [2.05, 4.69) is 36.8 Å². The molecule has 0 aliphatic carbocycles. The number of hydrogen-bond donors (Lipinski definition) is 0. The van der Waals surface area contributed by atoms with Crippen molar-refractivity contribution in [2.45, 2.75) is 20.8 Å². The molecule has 13 heavy (non-hydrogen) atoms. The summed E-state index contributed by atoms with van der Waals surface area (Å²) in [6, 6.07) is 2.16. The molecule has 1 aromatic heterocycles. The zero-order chi connectivity index (χ0) is 9.42. The van der Waals surface area contributed by atoms with E-state index >= 15 is 0 Å². The smallest absolute Gasteiger partial charge is 0.0921 e. The molecule has 0 saturated carbocycles. The SMILES string of the molecule is Cc1cc(C)c2nccnc2c1C. The quantitative estimate of drug-likeness (QED) is 0.610. The van der Waals surface area contributed by atoms with E-state index in [0.717, 1.165) is 11.0 Å². The maximum absolute atomic E-state index is 4.34. The van der Waals surface area contributed by atoms with Gasteiger partial charge >= 0.3 is 0 Å². The van der Waals surface area contributed by atoms with Crippen LogP contribution in [0.15, 0.2) is 18.5 Å². The third-order valence-electron chi connectivity index (χ3n) is 2.45. The zero-order valence-corrected chi connectivity index (χ0v) is 8.13. The minimum absolute atomic E-state index is 1.02. The highest BCUT2D eigenvalue weighted by atomic mass is 14.8. The number of rotatable bonds is 0. The molecule has 2 heteroatoms. The Bertz CT molecular complexity index is 461. The van der Waals surface area contributed by atoms with Crippen LogP contribution in [-0.2, 0) is 0 Å². The van der Waals surface area contributed by atoms with E-state index in [9.17, 15) is 0 Å². The van der Waals surface area contributed by atoms with Crippen molar-refractivity contribution in [1.82, 2.24) is 9.97 Å². The average molecular weight is 172 g/mol. The summed E-state index contributed by atoms with van der Waals surface area (Å²) in [6.07, 6.45) is 3.48. The Labute approximate surface area is 77.6 Å². The van der Waals surface area contributed by atoms with E-state index in [4.69, 9.17) is 0 Å². The highest BCUT2D eigenvalue weighted by Crippen LogP contribution is 2.20. The van der Waals surface area contributed by atoms with Crippen LogP contribution in [0.2, 0.25) is 0 Å². The molecule has 0 unspecified atom stereocenters. The molecule has 0 aliphatic heterocycles. The summed E-state index contributed by atoms with van der Waals surface area (Å²) in [5.74, 6) is 0. The first-order chi connectivity index (χ1) is 6.20. The first-order valence-electron chi connectivity index (χ1n) is 4.37. The molecule has 1 heterocycles. The molecule has 0 amide bonds. The molecule has 0 saturated heterocycles. The number of nitrogens with zero attached hydrogens (tertiary/aromatic N) is 2. The summed E-state index contributed by atoms with van der Waals surface area (Å²) >= 11 is 0. The lowest BCUT2D eigenvalue weighted by molar-refractivity contribution is 1.23. The Morgan fingerprint density at radius 1 is 0.846 bits per heavy atom. The van der Waals surface area contributed by atoms with Gasteiger partial charge in [0.2, 0.25) is 0 Å². The van der Waals surface area contributed by atoms with Crippen LogP contribution in [0.1, 0.15) is 16.7 Å². The normalized spacial score (nSPS) is 10.7. The van der Waals surface area contributed by atoms with Gasteiger partial charge in [-0.3, -0.25) is 9.97 Å². The molecule has 2 nitrogen and oxygen atoms in total. The van der Waals surface area contributed by atoms with Crippen molar-refractivity contribution < 1.29 is 0 Å². The van der Waals surface area contributed by atoms with Gasteiger partial charge in [0, 0.05) is 12.4 Å². The van der Waals surface area contributed by atoms with Crippen molar-refractivity contribution in [2.24, 2.45) is 0 Å². The highest BCUT2D eigenvalue weighted by Gasteiger charge is 2.04. The van der Waals surface area contributed by atoms with Gasteiger partial charge in [0.05, 0.1) is 11.0 Å². The largest absolute Gasteiger partial charge is 0.253 e. The fourth-order valence-electron chi connectivity index (χ4n) is 1.59. The third-order valence-corrected chi connectivity index (χ3v) is 2.45. The predicted molar refractivity (Wildman–Crippen MR) is 53.7 cm³/mol. The van der Waals surface area contributed by atoms with Crippen LogP contribution in [0.3, 0.4) is 0 Å². The van der Waals surface area contributed by atoms with Crippen LogP contribution in [-0.4, -0.2) is 9.97 Å². The molecule has 0 fully saturated rings. The van der Waals surface area contributed by atoms with Crippen molar-refractivity contribution in [1.29, 1.82) is 0 Å². The Kier molecular flexibility index (Phi) is 1.76. The van der Waals surface area contributed by atoms with Crippen molar-refractivity contribution in [3.05, 3.63) is 35.2 Å². The van der Waals surface area contributed by atoms with Gasteiger partial charge in [-0.15, -0.1) is 0 Å². The summed E-state index contributed by atoms with van der Waals surface area (Å²) in [5.41, 5.74) is 5.76. The average Bonchev–Trinajstić information content (AvgIpc) is 2.15. The van der Waals surface area contributed by atoms with Gasteiger partial charge in [-0.25, -0.2) is 0 Å². The van der Waals surface area contributed by atoms with Gasteiger partial charge in [0.25, 0.3) is 0 Å². The second-order valence-corrected chi connectivity index (χ2v) is 3.39. The highest BCUT2D eigenvalue weighted by molar-refractivity contribution is 5.81. The van der Waals surface area contributed by atoms with Crippen molar-refractivity contribution in [3.63, 3.8) is 0 Å². The van der Waals surface area contributed by atoms with Crippen molar-refractivity contribution >= 4 is 11.0 Å². The molecule has 0 bridgehead atoms. The fraction of sp³-hybridized carbons (Fsp3) is 0.273. The Balaban J connectivity index is 2.97. The van der Waals surface area contributed by atoms with E-state index in [0.29, 0.717) is 0 Å². The lowest BCUT2D eigenvalue weighted by Gasteiger charge is -2.06. The summed E-state index contributed by atoms with van der Waals surface area (Å²) in [6.45, 7) is 6.27. The molecule has 0 atom stereocenters. The minimum atomic E-state index is 1.02. The monoisotopic (exact) mass is 172 g/mol. The maximum Gasteiger partial charge on any atom is 0.0921 e. The number of hydrogen-bond acceptors (Lipinski definition) is 2.